The fourth-order valence-electron chi connectivity index (χ4n) is 0. The summed E-state index contributed by atoms with van der Waals surface area (Å²) in [5.41, 5.74) is 0. The van der Waals surface area contributed by atoms with Crippen molar-refractivity contribution in [2.24, 2.45) is 0 Å². The van der Waals surface area contributed by atoms with Gasteiger partial charge in [0.05, 0.1) is 0 Å². The van der Waals surface area contributed by atoms with Crippen LogP contribution >= 0.6 is 12.4 Å². The topological polar surface area (TPSA) is 17.1 Å². The van der Waals surface area contributed by atoms with E-state index in [9.17, 15) is 8.78 Å². The molecule has 0 saturated carbocycles. The van der Waals surface area contributed by atoms with Gasteiger partial charge in [0.2, 0.25) is 0 Å². The third-order valence-corrected chi connectivity index (χ3v) is 0. The molecule has 0 atom stereocenters. The zero-order chi connectivity index (χ0) is 3.58. The van der Waals surface area contributed by atoms with Crippen molar-refractivity contribution >= 4 is 18.7 Å². The van der Waals surface area contributed by atoms with Gasteiger partial charge in [0.15, 0.2) is 0 Å². The molecule has 0 radical (unpaired) electrons. The summed E-state index contributed by atoms with van der Waals surface area (Å²) >= 11 is 0. The molecule has 0 bridgehead atoms. The molecule has 1 nitrogen and oxygen atoms in total. The summed E-state index contributed by atoms with van der Waals surface area (Å²) < 4.78 is 19.4. The average molecular weight is 102 g/mol. The van der Waals surface area contributed by atoms with Crippen LogP contribution in [-0.2, 0) is 0 Å². The number of carbonyl (C=O) groups is 1. The monoisotopic (exact) mass is 102 g/mol. The maximum absolute atomic E-state index is 9.69. The van der Waals surface area contributed by atoms with Gasteiger partial charge in [0, 0.05) is 0 Å². The summed E-state index contributed by atoms with van der Waals surface area (Å²) in [6.07, 6.45) is -2.83. The highest BCUT2D eigenvalue weighted by molar-refractivity contribution is 5.85. The van der Waals surface area contributed by atoms with Crippen LogP contribution in [0.5, 0.6) is 0 Å². The molecule has 0 N–H and O–H groups in total. The van der Waals surface area contributed by atoms with Crippen LogP contribution in [0.15, 0.2) is 0 Å². The van der Waals surface area contributed by atoms with Gasteiger partial charge in [-0.1, -0.05) is 0 Å². The number of hydrogen-bond donors (Lipinski definition) is 0. The Labute approximate surface area is 33.4 Å². The van der Waals surface area contributed by atoms with E-state index in [0.29, 0.717) is 0 Å². The predicted octanol–water partition coefficient (Wildman–Crippen LogP) is 1.47. The maximum Gasteiger partial charge on any atom is 0.483 e. The molecule has 32 valence electrons. The fourth-order valence-corrected chi connectivity index (χ4v) is 0. The molecule has 5 heavy (non-hydrogen) atoms. The molecule has 0 heterocycles. The Hall–Kier alpha value is -0.180. The molecular formula is CHClF2O. The van der Waals surface area contributed by atoms with Crippen molar-refractivity contribution in [1.29, 1.82) is 0 Å². The molecule has 0 aliphatic rings. The Bertz CT molecular complexity index is 32.6. The molecule has 0 saturated heterocycles. The second-order valence-electron chi connectivity index (χ2n) is 0.226. The molecule has 0 fully saturated rings. The Morgan fingerprint density at radius 3 is 1.40 bits per heavy atom. The second-order valence-corrected chi connectivity index (χ2v) is 0.226. The van der Waals surface area contributed by atoms with Crippen molar-refractivity contribution in [3.8, 4) is 0 Å². The SMILES string of the molecule is Cl.O=C(F)F. The Morgan fingerprint density at radius 1 is 1.40 bits per heavy atom. The summed E-state index contributed by atoms with van der Waals surface area (Å²) in [5.74, 6) is 0. The minimum absolute atomic E-state index is 0. The van der Waals surface area contributed by atoms with Gasteiger partial charge < -0.3 is 0 Å². The minimum atomic E-state index is -2.83. The largest absolute Gasteiger partial charge is 0.483 e. The molecule has 0 amide bonds. The molecular weight excluding hydrogens is 101 g/mol. The first-order valence-corrected chi connectivity index (χ1v) is 0.582. The average Bonchev–Trinajstić information content (AvgIpc) is 0.811. The van der Waals surface area contributed by atoms with E-state index in [0.717, 1.165) is 0 Å². The third-order valence-electron chi connectivity index (χ3n) is 0. The first kappa shape index (κ1) is 8.84. The molecule has 0 aliphatic heterocycles. The van der Waals surface area contributed by atoms with Crippen LogP contribution in [0.25, 0.3) is 0 Å². The van der Waals surface area contributed by atoms with Gasteiger partial charge in [0.1, 0.15) is 0 Å². The van der Waals surface area contributed by atoms with Gasteiger partial charge in [-0.3, -0.25) is 0 Å². The predicted molar refractivity (Wildman–Crippen MR) is 14.9 cm³/mol. The van der Waals surface area contributed by atoms with E-state index in [1.54, 1.807) is 0 Å². The van der Waals surface area contributed by atoms with Crippen LogP contribution in [0.1, 0.15) is 0 Å². The van der Waals surface area contributed by atoms with E-state index >= 15 is 0 Å². The number of rotatable bonds is 0. The molecule has 0 aromatic heterocycles. The van der Waals surface area contributed by atoms with E-state index < -0.39 is 6.29 Å². The maximum atomic E-state index is 9.69. The molecule has 0 aromatic rings. The van der Waals surface area contributed by atoms with Crippen molar-refractivity contribution in [1.82, 2.24) is 0 Å². The van der Waals surface area contributed by atoms with Crippen molar-refractivity contribution in [2.45, 2.75) is 0 Å². The highest BCUT2D eigenvalue weighted by atomic mass is 35.5. The van der Waals surface area contributed by atoms with Crippen LogP contribution in [0.2, 0.25) is 0 Å². The fraction of sp³-hybridized carbons (Fsp3) is 0. The lowest BCUT2D eigenvalue weighted by Gasteiger charge is -1.45. The summed E-state index contributed by atoms with van der Waals surface area (Å²) in [4.78, 5) is 8.11. The Kier molecular flexibility index (Phi) is 6.76. The normalized spacial score (nSPS) is 5.20. The van der Waals surface area contributed by atoms with Gasteiger partial charge in [-0.05, 0) is 0 Å². The lowest BCUT2D eigenvalue weighted by atomic mass is 11.6. The van der Waals surface area contributed by atoms with Crippen molar-refractivity contribution < 1.29 is 13.6 Å². The summed E-state index contributed by atoms with van der Waals surface area (Å²) in [7, 11) is 0. The first-order valence-electron chi connectivity index (χ1n) is 0.582. The lowest BCUT2D eigenvalue weighted by molar-refractivity contribution is 0.199. The highest BCUT2D eigenvalue weighted by Gasteiger charge is 1.78. The van der Waals surface area contributed by atoms with E-state index in [4.69, 9.17) is 4.79 Å². The molecule has 4 heteroatoms. The van der Waals surface area contributed by atoms with E-state index in [-0.39, 0.29) is 12.4 Å². The smallest absolute Gasteiger partial charge is 0.219 e. The Morgan fingerprint density at radius 2 is 1.40 bits per heavy atom. The van der Waals surface area contributed by atoms with Crippen molar-refractivity contribution in [3.63, 3.8) is 0 Å². The van der Waals surface area contributed by atoms with Gasteiger partial charge in [0.25, 0.3) is 0 Å². The zero-order valence-corrected chi connectivity index (χ0v) is 2.89. The van der Waals surface area contributed by atoms with Gasteiger partial charge in [-0.15, -0.1) is 21.2 Å². The lowest BCUT2D eigenvalue weighted by Crippen LogP contribution is -1.54. The standard InChI is InChI=1S/CF2O.ClH/c2-1(3)4;/h;1H. The van der Waals surface area contributed by atoms with Crippen molar-refractivity contribution in [2.75, 3.05) is 0 Å². The number of hydrogen-bond acceptors (Lipinski definition) is 1. The van der Waals surface area contributed by atoms with Crippen molar-refractivity contribution in [3.05, 3.63) is 0 Å². The zero-order valence-electron chi connectivity index (χ0n) is 2.07. The van der Waals surface area contributed by atoms with Crippen LogP contribution in [0, 0.1) is 0 Å². The quantitative estimate of drug-likeness (QED) is 0.423. The number of carbonyl (C=O) groups excluding carboxylic acids is 1. The molecule has 0 rings (SSSR count). The third kappa shape index (κ3) is 391. The van der Waals surface area contributed by atoms with Crippen LogP contribution in [-0.4, -0.2) is 6.29 Å². The van der Waals surface area contributed by atoms with Crippen LogP contribution in [0.3, 0.4) is 0 Å². The molecule has 0 unspecified atom stereocenters. The summed E-state index contributed by atoms with van der Waals surface area (Å²) in [6.45, 7) is 0. The Balaban J connectivity index is 0. The first-order chi connectivity index (χ1) is 1.73. The molecule has 0 aromatic carbocycles. The van der Waals surface area contributed by atoms with Crippen LogP contribution in [0.4, 0.5) is 13.6 Å². The minimum Gasteiger partial charge on any atom is -0.219 e. The molecule has 0 spiro atoms. The van der Waals surface area contributed by atoms with E-state index in [1.165, 1.54) is 0 Å². The van der Waals surface area contributed by atoms with Crippen LogP contribution < -0.4 is 0 Å². The van der Waals surface area contributed by atoms with Gasteiger partial charge >= 0.3 is 6.29 Å². The summed E-state index contributed by atoms with van der Waals surface area (Å²) in [5, 5.41) is 0. The summed E-state index contributed by atoms with van der Waals surface area (Å²) in [6, 6.07) is 0. The van der Waals surface area contributed by atoms with Gasteiger partial charge in [-0.25, -0.2) is 4.79 Å². The van der Waals surface area contributed by atoms with Gasteiger partial charge in [-0.2, -0.15) is 0 Å². The van der Waals surface area contributed by atoms with E-state index in [2.05, 4.69) is 0 Å². The van der Waals surface area contributed by atoms with E-state index in [1.807, 2.05) is 0 Å². The number of halogens is 3. The molecule has 0 aliphatic carbocycles. The highest BCUT2D eigenvalue weighted by Crippen LogP contribution is 1.70. The second kappa shape index (κ2) is 3.82.